The average Bonchev–Trinajstić information content (AvgIpc) is 2.87. The largest absolute Gasteiger partial charge is 0.355 e. The monoisotopic (exact) mass is 377 g/mol. The van der Waals surface area contributed by atoms with Crippen LogP contribution in [0.5, 0.6) is 0 Å². The minimum Gasteiger partial charge on any atom is -0.355 e. The topological polar surface area (TPSA) is 69.7 Å². The second-order valence-electron chi connectivity index (χ2n) is 6.80. The summed E-state index contributed by atoms with van der Waals surface area (Å²) in [6.45, 7) is 5.10. The zero-order valence-corrected chi connectivity index (χ0v) is 16.1. The molecule has 0 bridgehead atoms. The van der Waals surface area contributed by atoms with Crippen molar-refractivity contribution < 1.29 is 13.2 Å². The van der Waals surface area contributed by atoms with Gasteiger partial charge in [0.2, 0.25) is 15.9 Å². The predicted octanol–water partition coefficient (Wildman–Crippen LogP) is 1.45. The Balaban J connectivity index is 1.69. The maximum atomic E-state index is 13.1. The molecule has 1 saturated heterocycles. The van der Waals surface area contributed by atoms with Crippen molar-refractivity contribution in [2.24, 2.45) is 0 Å². The molecule has 1 aromatic carbocycles. The Kier molecular flexibility index (Phi) is 6.11. The molecule has 0 aromatic heterocycles. The highest BCUT2D eigenvalue weighted by molar-refractivity contribution is 7.93. The molecule has 1 amide bonds. The van der Waals surface area contributed by atoms with Crippen LogP contribution in [-0.2, 0) is 21.2 Å². The number of nitrogens with zero attached hydrogens (tertiary/aromatic N) is 2. The zero-order chi connectivity index (χ0) is 18.6. The number of allylic oxidation sites excluding steroid dienone is 1. The van der Waals surface area contributed by atoms with Crippen LogP contribution in [-0.4, -0.2) is 62.8 Å². The fourth-order valence-electron chi connectivity index (χ4n) is 3.58. The molecule has 7 heteroatoms. The highest BCUT2D eigenvalue weighted by Crippen LogP contribution is 2.29. The molecule has 26 heavy (non-hydrogen) atoms. The molecule has 0 spiro atoms. The van der Waals surface area contributed by atoms with Gasteiger partial charge in [0.25, 0.3) is 0 Å². The molecule has 1 aromatic rings. The molecule has 1 heterocycles. The summed E-state index contributed by atoms with van der Waals surface area (Å²) in [5.74, 6) is -0.00426. The fourth-order valence-corrected chi connectivity index (χ4v) is 5.24. The zero-order valence-electron chi connectivity index (χ0n) is 15.3. The van der Waals surface area contributed by atoms with Gasteiger partial charge in [-0.15, -0.1) is 0 Å². The lowest BCUT2D eigenvalue weighted by molar-refractivity contribution is -0.122. The van der Waals surface area contributed by atoms with Crippen molar-refractivity contribution in [3.63, 3.8) is 0 Å². The van der Waals surface area contributed by atoms with Crippen LogP contribution in [0.15, 0.2) is 29.2 Å². The van der Waals surface area contributed by atoms with Crippen LogP contribution in [0.1, 0.15) is 30.9 Å². The van der Waals surface area contributed by atoms with Gasteiger partial charge in [-0.25, -0.2) is 8.42 Å². The van der Waals surface area contributed by atoms with E-state index in [9.17, 15) is 13.2 Å². The molecule has 1 aliphatic carbocycles. The number of likely N-dealkylation sites (N-methyl/N-ethyl adjacent to an activating group) is 1. The lowest BCUT2D eigenvalue weighted by atomic mass is 9.98. The molecule has 1 aliphatic heterocycles. The van der Waals surface area contributed by atoms with Crippen molar-refractivity contribution in [1.29, 1.82) is 0 Å². The Morgan fingerprint density at radius 3 is 2.73 bits per heavy atom. The summed E-state index contributed by atoms with van der Waals surface area (Å²) in [4.78, 5) is 14.3. The highest BCUT2D eigenvalue weighted by atomic mass is 32.2. The smallest absolute Gasteiger partial charge is 0.239 e. The number of sulfonamides is 1. The van der Waals surface area contributed by atoms with E-state index in [4.69, 9.17) is 0 Å². The third-order valence-corrected chi connectivity index (χ3v) is 7.00. The number of benzene rings is 1. The van der Waals surface area contributed by atoms with Gasteiger partial charge in [-0.3, -0.25) is 9.69 Å². The van der Waals surface area contributed by atoms with E-state index in [1.54, 1.807) is 4.31 Å². The van der Waals surface area contributed by atoms with E-state index in [-0.39, 0.29) is 5.91 Å². The number of nitrogens with one attached hydrogen (secondary N) is 1. The van der Waals surface area contributed by atoms with E-state index in [0.29, 0.717) is 44.0 Å². The molecular weight excluding hydrogens is 350 g/mol. The quantitative estimate of drug-likeness (QED) is 0.843. The van der Waals surface area contributed by atoms with Crippen LogP contribution in [0, 0.1) is 0 Å². The predicted molar refractivity (Wildman–Crippen MR) is 103 cm³/mol. The van der Waals surface area contributed by atoms with E-state index in [2.05, 4.69) is 11.4 Å². The van der Waals surface area contributed by atoms with Crippen LogP contribution < -0.4 is 5.32 Å². The van der Waals surface area contributed by atoms with Crippen LogP contribution in [0.4, 0.5) is 0 Å². The van der Waals surface area contributed by atoms with Crippen LogP contribution >= 0.6 is 0 Å². The third-order valence-electron chi connectivity index (χ3n) is 4.97. The normalized spacial score (nSPS) is 19.3. The number of fused-ring (bicyclic) bond motifs is 1. The Labute approximate surface area is 155 Å². The number of hydrogen-bond donors (Lipinski definition) is 1. The molecule has 2 aliphatic rings. The van der Waals surface area contributed by atoms with Gasteiger partial charge >= 0.3 is 0 Å². The highest BCUT2D eigenvalue weighted by Gasteiger charge is 2.30. The number of amides is 1. The van der Waals surface area contributed by atoms with E-state index < -0.39 is 10.0 Å². The molecule has 1 fully saturated rings. The van der Waals surface area contributed by atoms with Gasteiger partial charge in [-0.2, -0.15) is 4.31 Å². The van der Waals surface area contributed by atoms with E-state index in [1.807, 2.05) is 36.1 Å². The molecule has 6 nitrogen and oxygen atoms in total. The molecule has 0 saturated carbocycles. The van der Waals surface area contributed by atoms with Crippen molar-refractivity contribution in [2.75, 3.05) is 39.3 Å². The standard InChI is InChI=1S/C19H27N3O3S/c1-2-20-19(23)15-21-10-5-11-22(13-12-21)26(24,25)18-9-8-16-6-3-4-7-17(16)14-18/h3-4,6-7,14H,2,5,8-13,15H2,1H3,(H,20,23). The summed E-state index contributed by atoms with van der Waals surface area (Å²) in [7, 11) is -3.45. The summed E-state index contributed by atoms with van der Waals surface area (Å²) < 4.78 is 27.8. The van der Waals surface area contributed by atoms with E-state index in [1.165, 1.54) is 5.56 Å². The van der Waals surface area contributed by atoms with E-state index >= 15 is 0 Å². The van der Waals surface area contributed by atoms with Crippen LogP contribution in [0.25, 0.3) is 6.08 Å². The number of hydrogen-bond acceptors (Lipinski definition) is 4. The summed E-state index contributed by atoms with van der Waals surface area (Å²) in [6, 6.07) is 7.96. The van der Waals surface area contributed by atoms with Gasteiger partial charge in [0.05, 0.1) is 11.4 Å². The van der Waals surface area contributed by atoms with Crippen molar-refractivity contribution in [3.8, 4) is 0 Å². The first-order valence-electron chi connectivity index (χ1n) is 9.28. The number of carbonyl (C=O) groups is 1. The minimum atomic E-state index is -3.45. The number of rotatable bonds is 5. The summed E-state index contributed by atoms with van der Waals surface area (Å²) in [5, 5.41) is 2.79. The average molecular weight is 378 g/mol. The molecular formula is C19H27N3O3S. The molecule has 142 valence electrons. The number of carbonyl (C=O) groups excluding carboxylic acids is 1. The molecule has 0 unspecified atom stereocenters. The first kappa shape index (κ1) is 19.1. The second-order valence-corrected chi connectivity index (χ2v) is 8.79. The van der Waals surface area contributed by atoms with Gasteiger partial charge in [0.1, 0.15) is 0 Å². The Morgan fingerprint density at radius 1 is 1.12 bits per heavy atom. The van der Waals surface area contributed by atoms with E-state index in [0.717, 1.165) is 24.9 Å². The SMILES string of the molecule is CCNC(=O)CN1CCCN(S(=O)(=O)C2=Cc3ccccc3CC2)CC1. The van der Waals surface area contributed by atoms with Gasteiger partial charge < -0.3 is 5.32 Å². The molecule has 0 radical (unpaired) electrons. The van der Waals surface area contributed by atoms with Crippen LogP contribution in [0.2, 0.25) is 0 Å². The fraction of sp³-hybridized carbons (Fsp3) is 0.526. The first-order valence-corrected chi connectivity index (χ1v) is 10.7. The number of aryl methyl sites for hydroxylation is 1. The first-order chi connectivity index (χ1) is 12.5. The maximum absolute atomic E-state index is 13.1. The summed E-state index contributed by atoms with van der Waals surface area (Å²) in [6.07, 6.45) is 3.88. The Bertz CT molecular complexity index is 789. The Hall–Kier alpha value is -1.70. The van der Waals surface area contributed by atoms with Crippen molar-refractivity contribution in [2.45, 2.75) is 26.2 Å². The van der Waals surface area contributed by atoms with Gasteiger partial charge in [0.15, 0.2) is 0 Å². The van der Waals surface area contributed by atoms with Gasteiger partial charge in [-0.05, 0) is 49.9 Å². The van der Waals surface area contributed by atoms with Crippen molar-refractivity contribution in [3.05, 3.63) is 40.3 Å². The minimum absolute atomic E-state index is 0.00426. The van der Waals surface area contributed by atoms with Crippen molar-refractivity contribution >= 4 is 22.0 Å². The Morgan fingerprint density at radius 2 is 1.92 bits per heavy atom. The van der Waals surface area contributed by atoms with Gasteiger partial charge in [-0.1, -0.05) is 24.3 Å². The summed E-state index contributed by atoms with van der Waals surface area (Å²) >= 11 is 0. The van der Waals surface area contributed by atoms with Crippen LogP contribution in [0.3, 0.4) is 0 Å². The molecule has 3 rings (SSSR count). The van der Waals surface area contributed by atoms with Gasteiger partial charge in [0, 0.05) is 26.2 Å². The molecule has 1 N–H and O–H groups in total. The maximum Gasteiger partial charge on any atom is 0.239 e. The second kappa shape index (κ2) is 8.33. The molecule has 0 atom stereocenters. The summed E-state index contributed by atoms with van der Waals surface area (Å²) in [5.41, 5.74) is 2.21. The lowest BCUT2D eigenvalue weighted by Crippen LogP contribution is -2.40. The van der Waals surface area contributed by atoms with Crippen molar-refractivity contribution in [1.82, 2.24) is 14.5 Å². The third kappa shape index (κ3) is 4.34. The lowest BCUT2D eigenvalue weighted by Gasteiger charge is -2.24.